The van der Waals surface area contributed by atoms with E-state index in [1.807, 2.05) is 6.92 Å². The van der Waals surface area contributed by atoms with Crippen LogP contribution in [-0.4, -0.2) is 22.8 Å². The smallest absolute Gasteiger partial charge is 0.157 e. The van der Waals surface area contributed by atoms with Crippen LogP contribution in [0.1, 0.15) is 24.1 Å². The van der Waals surface area contributed by atoms with Crippen molar-refractivity contribution in [3.63, 3.8) is 0 Å². The summed E-state index contributed by atoms with van der Waals surface area (Å²) in [6.45, 7) is 2.78. The number of hydrogen-bond acceptors (Lipinski definition) is 4. The Labute approximate surface area is 113 Å². The third kappa shape index (κ3) is 3.16. The topological polar surface area (TPSA) is 78.5 Å². The number of halogens is 2. The largest absolute Gasteiger partial charge is 0.504 e. The summed E-state index contributed by atoms with van der Waals surface area (Å²) in [4.78, 5) is 0. The van der Waals surface area contributed by atoms with Gasteiger partial charge in [-0.25, -0.2) is 0 Å². The molecule has 1 aromatic carbocycles. The van der Waals surface area contributed by atoms with Gasteiger partial charge in [0.15, 0.2) is 11.5 Å². The second-order valence-corrected chi connectivity index (χ2v) is 4.08. The normalized spacial score (nSPS) is 19.5. The molecule has 0 amide bonds. The van der Waals surface area contributed by atoms with Crippen LogP contribution in [0.5, 0.6) is 11.5 Å². The highest BCUT2D eigenvalue weighted by atomic mass is 35.5. The summed E-state index contributed by atoms with van der Waals surface area (Å²) >= 11 is 0. The van der Waals surface area contributed by atoms with Crippen LogP contribution in [0, 0.1) is 0 Å². The molecular formula is C11H18Cl2N2O2. The summed E-state index contributed by atoms with van der Waals surface area (Å²) in [5, 5.41) is 22.2. The molecule has 2 rings (SSSR count). The molecule has 0 aromatic heterocycles. The third-order valence-electron chi connectivity index (χ3n) is 2.86. The van der Waals surface area contributed by atoms with Gasteiger partial charge in [-0.05, 0) is 43.1 Å². The van der Waals surface area contributed by atoms with E-state index in [1.54, 1.807) is 12.1 Å². The van der Waals surface area contributed by atoms with Crippen LogP contribution in [0.15, 0.2) is 12.1 Å². The summed E-state index contributed by atoms with van der Waals surface area (Å²) < 4.78 is 0. The van der Waals surface area contributed by atoms with E-state index in [0.717, 1.165) is 24.1 Å². The van der Waals surface area contributed by atoms with Gasteiger partial charge in [0.2, 0.25) is 0 Å². The lowest BCUT2D eigenvalue weighted by molar-refractivity contribution is 0.394. The molecule has 0 saturated carbocycles. The van der Waals surface area contributed by atoms with Crippen LogP contribution in [0.3, 0.4) is 0 Å². The Morgan fingerprint density at radius 3 is 2.47 bits per heavy atom. The van der Waals surface area contributed by atoms with Gasteiger partial charge in [-0.2, -0.15) is 0 Å². The Morgan fingerprint density at radius 2 is 1.88 bits per heavy atom. The molecular weight excluding hydrogens is 263 g/mol. The van der Waals surface area contributed by atoms with Crippen LogP contribution in [0.25, 0.3) is 0 Å². The Balaban J connectivity index is 0.00000128. The van der Waals surface area contributed by atoms with Crippen molar-refractivity contribution in [2.75, 3.05) is 6.54 Å². The van der Waals surface area contributed by atoms with Crippen LogP contribution in [0.4, 0.5) is 0 Å². The molecule has 0 saturated heterocycles. The predicted octanol–water partition coefficient (Wildman–Crippen LogP) is 1.48. The van der Waals surface area contributed by atoms with Gasteiger partial charge in [-0.15, -0.1) is 24.8 Å². The number of rotatable bonds is 1. The minimum atomic E-state index is -0.0805. The van der Waals surface area contributed by atoms with Crippen molar-refractivity contribution >= 4 is 24.8 Å². The van der Waals surface area contributed by atoms with E-state index in [9.17, 15) is 10.2 Å². The lowest BCUT2D eigenvalue weighted by atomic mass is 9.90. The van der Waals surface area contributed by atoms with Gasteiger partial charge in [0.05, 0.1) is 0 Å². The first-order valence-electron chi connectivity index (χ1n) is 5.13. The molecule has 98 valence electrons. The van der Waals surface area contributed by atoms with Crippen molar-refractivity contribution in [3.05, 3.63) is 23.3 Å². The van der Waals surface area contributed by atoms with Gasteiger partial charge >= 0.3 is 0 Å². The maximum atomic E-state index is 9.46. The van der Waals surface area contributed by atoms with E-state index in [0.29, 0.717) is 0 Å². The van der Waals surface area contributed by atoms with Gasteiger partial charge in [0.25, 0.3) is 0 Å². The van der Waals surface area contributed by atoms with Gasteiger partial charge < -0.3 is 21.3 Å². The third-order valence-corrected chi connectivity index (χ3v) is 2.86. The van der Waals surface area contributed by atoms with Crippen LogP contribution in [-0.2, 0) is 6.42 Å². The maximum absolute atomic E-state index is 9.46. The number of phenolic OH excluding ortho intramolecular Hbond substituents is 2. The fraction of sp³-hybridized carbons (Fsp3) is 0.455. The highest BCUT2D eigenvalue weighted by Crippen LogP contribution is 2.34. The Kier molecular flexibility index (Phi) is 6.05. The monoisotopic (exact) mass is 280 g/mol. The second-order valence-electron chi connectivity index (χ2n) is 4.08. The highest BCUT2D eigenvalue weighted by Gasteiger charge is 2.24. The molecule has 2 atom stereocenters. The molecule has 1 aromatic rings. The molecule has 2 unspecified atom stereocenters. The summed E-state index contributed by atoms with van der Waals surface area (Å²) in [6.07, 6.45) is 0.854. The fourth-order valence-electron chi connectivity index (χ4n) is 2.08. The van der Waals surface area contributed by atoms with Crippen molar-refractivity contribution in [1.29, 1.82) is 0 Å². The zero-order valence-electron chi connectivity index (χ0n) is 9.51. The van der Waals surface area contributed by atoms with Gasteiger partial charge in [-0.3, -0.25) is 0 Å². The molecule has 0 fully saturated rings. The number of nitrogens with one attached hydrogen (secondary N) is 1. The summed E-state index contributed by atoms with van der Waals surface area (Å²) in [5.41, 5.74) is 7.92. The SMILES string of the molecule is CC(N)C1NCCc2cc(O)c(O)cc21.Cl.Cl. The van der Waals surface area contributed by atoms with Crippen LogP contribution < -0.4 is 11.1 Å². The first-order valence-corrected chi connectivity index (χ1v) is 5.13. The number of aromatic hydroxyl groups is 2. The van der Waals surface area contributed by atoms with Crippen molar-refractivity contribution in [3.8, 4) is 11.5 Å². The molecule has 0 bridgehead atoms. The minimum absolute atomic E-state index is 0. The zero-order valence-corrected chi connectivity index (χ0v) is 11.1. The van der Waals surface area contributed by atoms with Crippen molar-refractivity contribution in [1.82, 2.24) is 5.32 Å². The number of phenols is 2. The number of benzene rings is 1. The number of hydrogen-bond donors (Lipinski definition) is 4. The number of fused-ring (bicyclic) bond motifs is 1. The highest BCUT2D eigenvalue weighted by molar-refractivity contribution is 5.85. The Morgan fingerprint density at radius 1 is 1.29 bits per heavy atom. The standard InChI is InChI=1S/C11H16N2O2.2ClH/c1-6(12)11-8-5-10(15)9(14)4-7(8)2-3-13-11;;/h4-6,11,13-15H,2-3,12H2,1H3;2*1H. The summed E-state index contributed by atoms with van der Waals surface area (Å²) in [7, 11) is 0. The molecule has 0 spiro atoms. The molecule has 17 heavy (non-hydrogen) atoms. The zero-order chi connectivity index (χ0) is 11.0. The Bertz CT molecular complexity index is 386. The predicted molar refractivity (Wildman–Crippen MR) is 72.4 cm³/mol. The van der Waals surface area contributed by atoms with Crippen molar-refractivity contribution in [2.24, 2.45) is 5.73 Å². The molecule has 1 aliphatic heterocycles. The van der Waals surface area contributed by atoms with Crippen LogP contribution >= 0.6 is 24.8 Å². The first kappa shape index (κ1) is 16.3. The first-order chi connectivity index (χ1) is 7.09. The lowest BCUT2D eigenvalue weighted by Gasteiger charge is -2.29. The Hall–Kier alpha value is -0.680. The van der Waals surface area contributed by atoms with Gasteiger partial charge in [0.1, 0.15) is 0 Å². The average Bonchev–Trinajstić information content (AvgIpc) is 2.18. The van der Waals surface area contributed by atoms with Gasteiger partial charge in [-0.1, -0.05) is 0 Å². The minimum Gasteiger partial charge on any atom is -0.504 e. The second kappa shape index (κ2) is 6.31. The van der Waals surface area contributed by atoms with E-state index in [1.165, 1.54) is 0 Å². The molecule has 0 radical (unpaired) electrons. The van der Waals surface area contributed by atoms with E-state index in [2.05, 4.69) is 5.32 Å². The lowest BCUT2D eigenvalue weighted by Crippen LogP contribution is -2.40. The molecule has 1 heterocycles. The summed E-state index contributed by atoms with van der Waals surface area (Å²) in [5.74, 6) is -0.137. The number of nitrogens with two attached hydrogens (primary N) is 1. The van der Waals surface area contributed by atoms with Gasteiger partial charge in [0, 0.05) is 12.1 Å². The molecule has 0 aliphatic carbocycles. The van der Waals surface area contributed by atoms with E-state index >= 15 is 0 Å². The average molecular weight is 281 g/mol. The van der Waals surface area contributed by atoms with Crippen molar-refractivity contribution in [2.45, 2.75) is 25.4 Å². The molecule has 1 aliphatic rings. The fourth-order valence-corrected chi connectivity index (χ4v) is 2.08. The van der Waals surface area contributed by atoms with E-state index < -0.39 is 0 Å². The van der Waals surface area contributed by atoms with E-state index in [4.69, 9.17) is 5.73 Å². The van der Waals surface area contributed by atoms with Crippen LogP contribution in [0.2, 0.25) is 0 Å². The molecule has 6 heteroatoms. The molecule has 4 nitrogen and oxygen atoms in total. The van der Waals surface area contributed by atoms with Crippen molar-refractivity contribution < 1.29 is 10.2 Å². The quantitative estimate of drug-likeness (QED) is 0.588. The maximum Gasteiger partial charge on any atom is 0.157 e. The molecule has 5 N–H and O–H groups in total. The van der Waals surface area contributed by atoms with E-state index in [-0.39, 0.29) is 48.4 Å². The summed E-state index contributed by atoms with van der Waals surface area (Å²) in [6, 6.07) is 3.26.